The monoisotopic (exact) mass is 361 g/mol. The Morgan fingerprint density at radius 3 is 2.65 bits per heavy atom. The van der Waals surface area contributed by atoms with Crippen molar-refractivity contribution >= 4 is 11.0 Å². The Hall–Kier alpha value is -1.66. The Bertz CT molecular complexity index is 829. The summed E-state index contributed by atoms with van der Waals surface area (Å²) in [6.45, 7) is 7.53. The second-order valence-corrected chi connectivity index (χ2v) is 7.84. The number of hydrogen-bond acceptors (Lipinski definition) is 3. The highest BCUT2D eigenvalue weighted by Gasteiger charge is 2.35. The van der Waals surface area contributed by atoms with Crippen molar-refractivity contribution < 1.29 is 9.13 Å². The summed E-state index contributed by atoms with van der Waals surface area (Å²) in [7, 11) is 0. The van der Waals surface area contributed by atoms with E-state index in [1.165, 1.54) is 18.9 Å². The first-order chi connectivity index (χ1) is 12.6. The number of fused-ring (bicyclic) bond motifs is 1. The number of nitrogens with zero attached hydrogens (tertiary/aromatic N) is 2. The van der Waals surface area contributed by atoms with Crippen molar-refractivity contribution in [2.75, 3.05) is 26.3 Å². The molecule has 6 heteroatoms. The van der Waals surface area contributed by atoms with Gasteiger partial charge < -0.3 is 14.6 Å². The smallest absolute Gasteiger partial charge is 0.326 e. The third kappa shape index (κ3) is 3.21. The number of aromatic nitrogens is 2. The van der Waals surface area contributed by atoms with Crippen molar-refractivity contribution in [3.05, 3.63) is 34.0 Å². The number of imidazole rings is 1. The van der Waals surface area contributed by atoms with Gasteiger partial charge in [0.15, 0.2) is 0 Å². The number of piperidine rings is 1. The number of likely N-dealkylation sites (tertiary alicyclic amines) is 1. The van der Waals surface area contributed by atoms with E-state index in [4.69, 9.17) is 4.74 Å². The Labute approximate surface area is 153 Å². The number of hydrogen-bond donors (Lipinski definition) is 1. The van der Waals surface area contributed by atoms with Crippen LogP contribution in [0.2, 0.25) is 0 Å². The number of ether oxygens (including phenoxy) is 1. The van der Waals surface area contributed by atoms with Gasteiger partial charge in [-0.15, -0.1) is 0 Å². The Kier molecular flexibility index (Phi) is 4.88. The van der Waals surface area contributed by atoms with E-state index in [1.807, 2.05) is 11.5 Å². The lowest BCUT2D eigenvalue weighted by atomic mass is 9.79. The maximum Gasteiger partial charge on any atom is 0.326 e. The molecular formula is C20H28FN3O2. The molecule has 0 unspecified atom stereocenters. The van der Waals surface area contributed by atoms with Gasteiger partial charge in [-0.05, 0) is 63.1 Å². The van der Waals surface area contributed by atoms with Gasteiger partial charge in [-0.3, -0.25) is 4.57 Å². The third-order valence-electron chi connectivity index (χ3n) is 6.15. The molecule has 142 valence electrons. The number of nitrogens with one attached hydrogen (secondary N) is 1. The van der Waals surface area contributed by atoms with Crippen LogP contribution in [0.1, 0.15) is 44.2 Å². The minimum absolute atomic E-state index is 0.121. The highest BCUT2D eigenvalue weighted by atomic mass is 19.1. The molecule has 1 aliphatic carbocycles. The van der Waals surface area contributed by atoms with Crippen molar-refractivity contribution in [3.63, 3.8) is 0 Å². The number of halogens is 1. The first kappa shape index (κ1) is 17.7. The van der Waals surface area contributed by atoms with E-state index in [1.54, 1.807) is 13.0 Å². The third-order valence-corrected chi connectivity index (χ3v) is 6.15. The molecule has 26 heavy (non-hydrogen) atoms. The van der Waals surface area contributed by atoms with Crippen LogP contribution in [0.25, 0.3) is 11.0 Å². The van der Waals surface area contributed by atoms with E-state index in [0.717, 1.165) is 44.7 Å². The lowest BCUT2D eigenvalue weighted by Crippen LogP contribution is -2.49. The van der Waals surface area contributed by atoms with Gasteiger partial charge in [-0.2, -0.15) is 0 Å². The second-order valence-electron chi connectivity index (χ2n) is 7.84. The zero-order valence-electron chi connectivity index (χ0n) is 15.6. The molecule has 0 atom stereocenters. The quantitative estimate of drug-likeness (QED) is 0.890. The van der Waals surface area contributed by atoms with Crippen LogP contribution in [0.4, 0.5) is 4.39 Å². The van der Waals surface area contributed by atoms with E-state index in [2.05, 4.69) is 9.88 Å². The van der Waals surface area contributed by atoms with Crippen LogP contribution in [0.5, 0.6) is 0 Å². The van der Waals surface area contributed by atoms with Crippen molar-refractivity contribution in [1.82, 2.24) is 14.5 Å². The van der Waals surface area contributed by atoms with Crippen LogP contribution in [-0.4, -0.2) is 46.8 Å². The van der Waals surface area contributed by atoms with Gasteiger partial charge in [-0.25, -0.2) is 9.18 Å². The number of rotatable bonds is 5. The largest absolute Gasteiger partial charge is 0.381 e. The molecule has 1 aromatic carbocycles. The van der Waals surface area contributed by atoms with Gasteiger partial charge in [0.05, 0.1) is 11.0 Å². The fourth-order valence-electron chi connectivity index (χ4n) is 4.54. The summed E-state index contributed by atoms with van der Waals surface area (Å²) < 4.78 is 21.1. The van der Waals surface area contributed by atoms with E-state index in [-0.39, 0.29) is 17.5 Å². The predicted molar refractivity (Wildman–Crippen MR) is 100 cm³/mol. The second kappa shape index (κ2) is 7.16. The van der Waals surface area contributed by atoms with E-state index in [0.29, 0.717) is 23.0 Å². The van der Waals surface area contributed by atoms with Crippen LogP contribution in [-0.2, 0) is 4.74 Å². The van der Waals surface area contributed by atoms with Gasteiger partial charge in [0.1, 0.15) is 5.82 Å². The average Bonchev–Trinajstić information content (AvgIpc) is 2.89. The standard InChI is InChI=1S/C20H28FN3O2/c1-3-26-12-14-9-16(10-14)23-6-4-15(5-7-23)24-19-8-13(2)17(21)11-18(19)22-20(24)25/h8,11,14-16H,3-7,9-10,12H2,1-2H3,(H,22,25)/t14-,16+. The molecule has 2 heterocycles. The lowest BCUT2D eigenvalue weighted by molar-refractivity contribution is 0.00463. The van der Waals surface area contributed by atoms with Crippen LogP contribution in [0, 0.1) is 18.7 Å². The number of H-pyrrole nitrogens is 1. The molecule has 1 N–H and O–H groups in total. The number of aromatic amines is 1. The first-order valence-corrected chi connectivity index (χ1v) is 9.79. The van der Waals surface area contributed by atoms with E-state index < -0.39 is 0 Å². The van der Waals surface area contributed by atoms with Crippen LogP contribution < -0.4 is 5.69 Å². The fourth-order valence-corrected chi connectivity index (χ4v) is 4.54. The molecule has 1 saturated carbocycles. The summed E-state index contributed by atoms with van der Waals surface area (Å²) in [6.07, 6.45) is 4.40. The Morgan fingerprint density at radius 2 is 1.96 bits per heavy atom. The van der Waals surface area contributed by atoms with E-state index in [9.17, 15) is 9.18 Å². The summed E-state index contributed by atoms with van der Waals surface area (Å²) in [5, 5.41) is 0. The molecule has 2 aliphatic rings. The normalized spacial score (nSPS) is 24.9. The van der Waals surface area contributed by atoms with Gasteiger partial charge in [0.2, 0.25) is 0 Å². The summed E-state index contributed by atoms with van der Waals surface area (Å²) in [4.78, 5) is 17.8. The molecule has 4 rings (SSSR count). The average molecular weight is 361 g/mol. The highest BCUT2D eigenvalue weighted by molar-refractivity contribution is 5.76. The Balaban J connectivity index is 1.41. The van der Waals surface area contributed by atoms with Gasteiger partial charge in [0, 0.05) is 38.4 Å². The number of benzene rings is 1. The van der Waals surface area contributed by atoms with Gasteiger partial charge in [-0.1, -0.05) is 0 Å². The maximum absolute atomic E-state index is 13.8. The molecule has 1 saturated heterocycles. The highest BCUT2D eigenvalue weighted by Crippen LogP contribution is 2.35. The van der Waals surface area contributed by atoms with Gasteiger partial charge in [0.25, 0.3) is 0 Å². The topological polar surface area (TPSA) is 50.3 Å². The molecule has 2 fully saturated rings. The molecule has 0 amide bonds. The minimum atomic E-state index is -0.271. The van der Waals surface area contributed by atoms with Crippen molar-refractivity contribution in [3.8, 4) is 0 Å². The first-order valence-electron chi connectivity index (χ1n) is 9.79. The van der Waals surface area contributed by atoms with Crippen molar-refractivity contribution in [2.24, 2.45) is 5.92 Å². The van der Waals surface area contributed by atoms with E-state index >= 15 is 0 Å². The van der Waals surface area contributed by atoms with Crippen LogP contribution in [0.3, 0.4) is 0 Å². The molecule has 0 radical (unpaired) electrons. The Morgan fingerprint density at radius 1 is 1.23 bits per heavy atom. The fraction of sp³-hybridized carbons (Fsp3) is 0.650. The van der Waals surface area contributed by atoms with Gasteiger partial charge >= 0.3 is 5.69 Å². The molecule has 2 aromatic rings. The molecule has 1 aliphatic heterocycles. The molecule has 1 aromatic heterocycles. The summed E-state index contributed by atoms with van der Waals surface area (Å²) in [5.41, 5.74) is 1.88. The summed E-state index contributed by atoms with van der Waals surface area (Å²) in [6, 6.07) is 4.10. The number of aryl methyl sites for hydroxylation is 1. The maximum atomic E-state index is 13.8. The predicted octanol–water partition coefficient (Wildman–Crippen LogP) is 3.23. The molecule has 0 spiro atoms. The van der Waals surface area contributed by atoms with Crippen molar-refractivity contribution in [2.45, 2.75) is 51.6 Å². The summed E-state index contributed by atoms with van der Waals surface area (Å²) >= 11 is 0. The SMILES string of the molecule is CCOC[C@H]1C[C@@H](N2CCC(n3c(=O)[nH]c4cc(F)c(C)cc43)CC2)C1. The van der Waals surface area contributed by atoms with Crippen LogP contribution in [0.15, 0.2) is 16.9 Å². The lowest BCUT2D eigenvalue weighted by Gasteiger charge is -2.45. The molecular weight excluding hydrogens is 333 g/mol. The summed E-state index contributed by atoms with van der Waals surface area (Å²) in [5.74, 6) is 0.444. The van der Waals surface area contributed by atoms with Crippen molar-refractivity contribution in [1.29, 1.82) is 0 Å². The zero-order chi connectivity index (χ0) is 18.3. The molecule has 0 bridgehead atoms. The molecule has 5 nitrogen and oxygen atoms in total. The van der Waals surface area contributed by atoms with Crippen LogP contribution >= 0.6 is 0 Å². The zero-order valence-corrected chi connectivity index (χ0v) is 15.6. The minimum Gasteiger partial charge on any atom is -0.381 e.